The quantitative estimate of drug-likeness (QED) is 0.795. The van der Waals surface area contributed by atoms with Gasteiger partial charge in [0.25, 0.3) is 0 Å². The van der Waals surface area contributed by atoms with Crippen LogP contribution in [-0.4, -0.2) is 37.0 Å². The molecule has 26 heavy (non-hydrogen) atoms. The fourth-order valence-corrected chi connectivity index (χ4v) is 4.63. The summed E-state index contributed by atoms with van der Waals surface area (Å²) in [4.78, 5) is 19.4. The van der Waals surface area contributed by atoms with Crippen LogP contribution in [0.25, 0.3) is 0 Å². The van der Waals surface area contributed by atoms with Gasteiger partial charge in [0, 0.05) is 41.9 Å². The SMILES string of the molecule is Cc1ccc(Sc2ccccc2N2CCN(C(=O)C3CC3)CC2)c(C)c1. The molecule has 0 aromatic heterocycles. The van der Waals surface area contributed by atoms with E-state index in [2.05, 4.69) is 66.1 Å². The Kier molecular flexibility index (Phi) is 4.94. The highest BCUT2D eigenvalue weighted by molar-refractivity contribution is 7.99. The van der Waals surface area contributed by atoms with Crippen LogP contribution in [-0.2, 0) is 4.79 Å². The molecule has 0 N–H and O–H groups in total. The molecule has 4 heteroatoms. The van der Waals surface area contributed by atoms with Crippen LogP contribution in [0.3, 0.4) is 0 Å². The minimum atomic E-state index is 0.328. The van der Waals surface area contributed by atoms with Crippen molar-refractivity contribution in [1.29, 1.82) is 0 Å². The minimum absolute atomic E-state index is 0.328. The van der Waals surface area contributed by atoms with Gasteiger partial charge < -0.3 is 9.80 Å². The van der Waals surface area contributed by atoms with Crippen LogP contribution in [0.5, 0.6) is 0 Å². The number of para-hydroxylation sites is 1. The van der Waals surface area contributed by atoms with Gasteiger partial charge in [-0.3, -0.25) is 4.79 Å². The first kappa shape index (κ1) is 17.5. The molecule has 1 aliphatic carbocycles. The van der Waals surface area contributed by atoms with E-state index >= 15 is 0 Å². The van der Waals surface area contributed by atoms with E-state index in [0.29, 0.717) is 11.8 Å². The van der Waals surface area contributed by atoms with E-state index in [-0.39, 0.29) is 0 Å². The molecule has 0 spiro atoms. The maximum atomic E-state index is 12.3. The van der Waals surface area contributed by atoms with Gasteiger partial charge >= 0.3 is 0 Å². The van der Waals surface area contributed by atoms with Crippen LogP contribution in [0.4, 0.5) is 5.69 Å². The highest BCUT2D eigenvalue weighted by Gasteiger charge is 2.34. The van der Waals surface area contributed by atoms with Crippen molar-refractivity contribution in [2.75, 3.05) is 31.1 Å². The Hall–Kier alpha value is -1.94. The Morgan fingerprint density at radius 1 is 0.962 bits per heavy atom. The van der Waals surface area contributed by atoms with Gasteiger partial charge in [-0.25, -0.2) is 0 Å². The van der Waals surface area contributed by atoms with Gasteiger partial charge in [0.05, 0.1) is 5.69 Å². The van der Waals surface area contributed by atoms with Gasteiger partial charge in [-0.15, -0.1) is 0 Å². The van der Waals surface area contributed by atoms with E-state index in [1.54, 1.807) is 0 Å². The zero-order valence-corrected chi connectivity index (χ0v) is 16.4. The number of carbonyl (C=O) groups is 1. The predicted octanol–water partition coefficient (Wildman–Crippen LogP) is 4.51. The first-order valence-electron chi connectivity index (χ1n) is 9.50. The fraction of sp³-hybridized carbons (Fsp3) is 0.409. The number of piperazine rings is 1. The van der Waals surface area contributed by atoms with Crippen molar-refractivity contribution in [2.45, 2.75) is 36.5 Å². The molecule has 136 valence electrons. The molecule has 0 bridgehead atoms. The molecular weight excluding hydrogens is 340 g/mol. The summed E-state index contributed by atoms with van der Waals surface area (Å²) < 4.78 is 0. The standard InChI is InChI=1S/C22H26N2OS/c1-16-7-10-20(17(2)15-16)26-21-6-4-3-5-19(21)23-11-13-24(14-12-23)22(25)18-8-9-18/h3-7,10,15,18H,8-9,11-14H2,1-2H3. The lowest BCUT2D eigenvalue weighted by atomic mass is 10.2. The molecule has 2 fully saturated rings. The largest absolute Gasteiger partial charge is 0.367 e. The van der Waals surface area contributed by atoms with E-state index in [1.165, 1.54) is 26.6 Å². The van der Waals surface area contributed by atoms with E-state index in [9.17, 15) is 4.79 Å². The van der Waals surface area contributed by atoms with E-state index < -0.39 is 0 Å². The van der Waals surface area contributed by atoms with Crippen molar-refractivity contribution in [3.63, 3.8) is 0 Å². The van der Waals surface area contributed by atoms with Crippen molar-refractivity contribution in [1.82, 2.24) is 4.90 Å². The molecule has 1 saturated heterocycles. The van der Waals surface area contributed by atoms with E-state index in [1.807, 2.05) is 11.8 Å². The average Bonchev–Trinajstić information content (AvgIpc) is 3.49. The van der Waals surface area contributed by atoms with Gasteiger partial charge in [-0.05, 0) is 50.5 Å². The van der Waals surface area contributed by atoms with Gasteiger partial charge in [0.15, 0.2) is 0 Å². The van der Waals surface area contributed by atoms with E-state index in [4.69, 9.17) is 0 Å². The lowest BCUT2D eigenvalue weighted by Crippen LogP contribution is -2.49. The third kappa shape index (κ3) is 3.75. The summed E-state index contributed by atoms with van der Waals surface area (Å²) in [7, 11) is 0. The Labute approximate surface area is 160 Å². The summed E-state index contributed by atoms with van der Waals surface area (Å²) in [5.41, 5.74) is 3.91. The number of amides is 1. The van der Waals surface area contributed by atoms with Crippen LogP contribution in [0.1, 0.15) is 24.0 Å². The van der Waals surface area contributed by atoms with Crippen LogP contribution in [0.15, 0.2) is 52.3 Å². The zero-order valence-electron chi connectivity index (χ0n) is 15.6. The van der Waals surface area contributed by atoms with Crippen molar-refractivity contribution >= 4 is 23.4 Å². The van der Waals surface area contributed by atoms with Gasteiger partial charge in [-0.1, -0.05) is 41.6 Å². The summed E-state index contributed by atoms with van der Waals surface area (Å²) in [5.74, 6) is 0.705. The summed E-state index contributed by atoms with van der Waals surface area (Å²) >= 11 is 1.84. The number of rotatable bonds is 4. The predicted molar refractivity (Wildman–Crippen MR) is 108 cm³/mol. The Bertz CT molecular complexity index is 808. The molecule has 1 saturated carbocycles. The monoisotopic (exact) mass is 366 g/mol. The van der Waals surface area contributed by atoms with Crippen molar-refractivity contribution < 1.29 is 4.79 Å². The number of anilines is 1. The molecular formula is C22H26N2OS. The summed E-state index contributed by atoms with van der Waals surface area (Å²) in [6.07, 6.45) is 2.18. The molecule has 3 nitrogen and oxygen atoms in total. The Morgan fingerprint density at radius 2 is 1.69 bits per heavy atom. The molecule has 2 aliphatic rings. The maximum Gasteiger partial charge on any atom is 0.225 e. The van der Waals surface area contributed by atoms with Crippen LogP contribution in [0.2, 0.25) is 0 Å². The maximum absolute atomic E-state index is 12.3. The smallest absolute Gasteiger partial charge is 0.225 e. The Morgan fingerprint density at radius 3 is 2.38 bits per heavy atom. The second-order valence-corrected chi connectivity index (χ2v) is 8.51. The molecule has 4 rings (SSSR count). The number of aryl methyl sites for hydroxylation is 2. The highest BCUT2D eigenvalue weighted by Crippen LogP contribution is 2.38. The first-order chi connectivity index (χ1) is 12.6. The molecule has 1 aliphatic heterocycles. The lowest BCUT2D eigenvalue weighted by molar-refractivity contribution is -0.132. The number of hydrogen-bond acceptors (Lipinski definition) is 3. The number of carbonyl (C=O) groups excluding carboxylic acids is 1. The molecule has 2 aromatic carbocycles. The number of nitrogens with zero attached hydrogens (tertiary/aromatic N) is 2. The lowest BCUT2D eigenvalue weighted by Gasteiger charge is -2.37. The van der Waals surface area contributed by atoms with Crippen LogP contribution >= 0.6 is 11.8 Å². The topological polar surface area (TPSA) is 23.6 Å². The van der Waals surface area contributed by atoms with Crippen molar-refractivity contribution in [3.05, 3.63) is 53.6 Å². The highest BCUT2D eigenvalue weighted by atomic mass is 32.2. The zero-order chi connectivity index (χ0) is 18.1. The molecule has 0 unspecified atom stereocenters. The average molecular weight is 367 g/mol. The van der Waals surface area contributed by atoms with Gasteiger partial charge in [-0.2, -0.15) is 0 Å². The molecule has 0 atom stereocenters. The second-order valence-electron chi connectivity index (χ2n) is 7.43. The second kappa shape index (κ2) is 7.36. The Balaban J connectivity index is 1.48. The molecule has 2 aromatic rings. The number of hydrogen-bond donors (Lipinski definition) is 0. The van der Waals surface area contributed by atoms with Crippen LogP contribution in [0, 0.1) is 19.8 Å². The molecule has 0 radical (unpaired) electrons. The van der Waals surface area contributed by atoms with Crippen LogP contribution < -0.4 is 4.90 Å². The van der Waals surface area contributed by atoms with Gasteiger partial charge in [0.1, 0.15) is 0 Å². The third-order valence-electron chi connectivity index (χ3n) is 5.27. The van der Waals surface area contributed by atoms with Crippen molar-refractivity contribution in [3.8, 4) is 0 Å². The normalized spacial score (nSPS) is 17.5. The number of benzene rings is 2. The summed E-state index contributed by atoms with van der Waals surface area (Å²) in [6, 6.07) is 15.3. The minimum Gasteiger partial charge on any atom is -0.367 e. The first-order valence-corrected chi connectivity index (χ1v) is 10.3. The summed E-state index contributed by atoms with van der Waals surface area (Å²) in [5, 5.41) is 0. The van der Waals surface area contributed by atoms with E-state index in [0.717, 1.165) is 39.0 Å². The fourth-order valence-electron chi connectivity index (χ4n) is 3.59. The third-order valence-corrected chi connectivity index (χ3v) is 6.52. The summed E-state index contributed by atoms with van der Waals surface area (Å²) in [6.45, 7) is 7.85. The molecule has 1 heterocycles. The molecule has 1 amide bonds. The van der Waals surface area contributed by atoms with Gasteiger partial charge in [0.2, 0.25) is 5.91 Å². The van der Waals surface area contributed by atoms with Crippen molar-refractivity contribution in [2.24, 2.45) is 5.92 Å².